The smallest absolute Gasteiger partial charge is 0.416 e. The van der Waals surface area contributed by atoms with Gasteiger partial charge >= 0.3 is 6.18 Å². The van der Waals surface area contributed by atoms with Gasteiger partial charge in [0.2, 0.25) is 0 Å². The summed E-state index contributed by atoms with van der Waals surface area (Å²) in [6, 6.07) is 4.63. The van der Waals surface area contributed by atoms with Gasteiger partial charge in [-0.25, -0.2) is 4.98 Å². The average Bonchev–Trinajstić information content (AvgIpc) is 3.17. The average molecular weight is 414 g/mol. The molecule has 0 aliphatic carbocycles. The quantitative estimate of drug-likeness (QED) is 0.511. The maximum Gasteiger partial charge on any atom is 0.416 e. The zero-order valence-corrected chi connectivity index (χ0v) is 14.2. The van der Waals surface area contributed by atoms with E-state index < -0.39 is 21.8 Å². The maximum absolute atomic E-state index is 12.8. The standard InChI is InChI=1S/C14H4Cl2F3N7O/c15-7-1-6(14(17,18)19)2-8(16)12(7)26-24-11(5-25(26)27)13-22-9(3-20)10(4-21)23-13/h1-2,5H,(H,22,23). The fourth-order valence-electron chi connectivity index (χ4n) is 2.16. The van der Waals surface area contributed by atoms with Crippen molar-refractivity contribution in [2.24, 2.45) is 0 Å². The second kappa shape index (κ2) is 6.46. The topological polar surface area (TPSA) is 121 Å². The van der Waals surface area contributed by atoms with Crippen molar-refractivity contribution < 1.29 is 18.0 Å². The number of aromatic nitrogens is 5. The molecule has 3 aromatic rings. The van der Waals surface area contributed by atoms with Crippen molar-refractivity contribution in [1.29, 1.82) is 10.5 Å². The SMILES string of the molecule is N#Cc1nc(-c2c[n+]([O-])n(-c3c(Cl)cc(C(F)(F)F)cc3Cl)n2)[nH]c1C#N. The summed E-state index contributed by atoms with van der Waals surface area (Å²) in [6.45, 7) is 0. The second-order valence-electron chi connectivity index (χ2n) is 5.03. The molecule has 0 aliphatic rings. The van der Waals surface area contributed by atoms with Gasteiger partial charge in [0, 0.05) is 0 Å². The molecular formula is C14H4Cl2F3N7O. The molecule has 1 aromatic carbocycles. The number of halogens is 5. The fourth-order valence-corrected chi connectivity index (χ4v) is 2.80. The Morgan fingerprint density at radius 2 is 1.81 bits per heavy atom. The fraction of sp³-hybridized carbons (Fsp3) is 0.0714. The van der Waals surface area contributed by atoms with Crippen molar-refractivity contribution in [1.82, 2.24) is 19.9 Å². The Balaban J connectivity index is 2.12. The predicted molar refractivity (Wildman–Crippen MR) is 84.6 cm³/mol. The largest absolute Gasteiger partial charge is 0.692 e. The molecule has 0 unspecified atom stereocenters. The Morgan fingerprint density at radius 1 is 1.19 bits per heavy atom. The lowest BCUT2D eigenvalue weighted by Crippen LogP contribution is -2.36. The molecule has 2 aromatic heterocycles. The molecule has 2 heterocycles. The van der Waals surface area contributed by atoms with E-state index in [4.69, 9.17) is 33.7 Å². The highest BCUT2D eigenvalue weighted by molar-refractivity contribution is 6.37. The minimum Gasteiger partial charge on any atom is -0.692 e. The number of rotatable bonds is 2. The minimum atomic E-state index is -4.68. The minimum absolute atomic E-state index is 0.0643. The Morgan fingerprint density at radius 3 is 2.30 bits per heavy atom. The summed E-state index contributed by atoms with van der Waals surface area (Å²) in [4.78, 5) is 7.13. The van der Waals surface area contributed by atoms with Crippen LogP contribution in [0.1, 0.15) is 17.0 Å². The molecular weight excluding hydrogens is 410 g/mol. The van der Waals surface area contributed by atoms with Gasteiger partial charge in [-0.3, -0.25) is 0 Å². The first kappa shape index (κ1) is 18.5. The molecule has 3 rings (SSSR count). The molecule has 0 saturated carbocycles. The van der Waals surface area contributed by atoms with Crippen molar-refractivity contribution in [3.63, 3.8) is 0 Å². The van der Waals surface area contributed by atoms with Gasteiger partial charge in [0.1, 0.15) is 12.1 Å². The van der Waals surface area contributed by atoms with Crippen LogP contribution in [0.4, 0.5) is 13.2 Å². The molecule has 27 heavy (non-hydrogen) atoms. The molecule has 0 spiro atoms. The highest BCUT2D eigenvalue weighted by Gasteiger charge is 2.33. The van der Waals surface area contributed by atoms with E-state index in [2.05, 4.69) is 15.1 Å². The molecule has 136 valence electrons. The number of hydrogen-bond acceptors (Lipinski definition) is 5. The number of imidazole rings is 1. The van der Waals surface area contributed by atoms with Crippen LogP contribution in [0.2, 0.25) is 10.0 Å². The maximum atomic E-state index is 12.8. The van der Waals surface area contributed by atoms with E-state index in [9.17, 15) is 18.4 Å². The third kappa shape index (κ3) is 3.26. The van der Waals surface area contributed by atoms with Gasteiger partial charge in [0.25, 0.3) is 5.69 Å². The third-order valence-corrected chi connectivity index (χ3v) is 3.91. The van der Waals surface area contributed by atoms with E-state index in [1.807, 2.05) is 0 Å². The number of nitrogens with zero attached hydrogens (tertiary/aromatic N) is 6. The summed E-state index contributed by atoms with van der Waals surface area (Å²) >= 11 is 11.7. The van der Waals surface area contributed by atoms with Crippen molar-refractivity contribution in [3.05, 3.63) is 50.5 Å². The number of alkyl halides is 3. The van der Waals surface area contributed by atoms with Crippen LogP contribution in [0.5, 0.6) is 0 Å². The highest BCUT2D eigenvalue weighted by Crippen LogP contribution is 2.37. The van der Waals surface area contributed by atoms with Crippen LogP contribution in [0, 0.1) is 27.9 Å². The van der Waals surface area contributed by atoms with Crippen LogP contribution >= 0.6 is 23.2 Å². The van der Waals surface area contributed by atoms with Crippen LogP contribution < -0.4 is 4.85 Å². The zero-order chi connectivity index (χ0) is 19.9. The number of hydrogen-bond donors (Lipinski definition) is 1. The van der Waals surface area contributed by atoms with E-state index in [0.29, 0.717) is 16.9 Å². The third-order valence-electron chi connectivity index (χ3n) is 3.33. The van der Waals surface area contributed by atoms with Gasteiger partial charge in [-0.2, -0.15) is 28.5 Å². The first-order chi connectivity index (χ1) is 12.7. The van der Waals surface area contributed by atoms with E-state index in [-0.39, 0.29) is 33.4 Å². The van der Waals surface area contributed by atoms with Gasteiger partial charge in [0.15, 0.2) is 29.1 Å². The summed E-state index contributed by atoms with van der Waals surface area (Å²) in [6.07, 6.45) is -3.75. The normalized spacial score (nSPS) is 11.2. The monoisotopic (exact) mass is 413 g/mol. The molecule has 1 N–H and O–H groups in total. The predicted octanol–water partition coefficient (Wildman–Crippen LogP) is 2.96. The molecule has 0 aliphatic heterocycles. The molecule has 0 saturated heterocycles. The van der Waals surface area contributed by atoms with Crippen molar-refractivity contribution >= 4 is 23.2 Å². The summed E-state index contributed by atoms with van der Waals surface area (Å²) in [5.41, 5.74) is -1.79. The van der Waals surface area contributed by atoms with E-state index in [1.165, 1.54) is 0 Å². The number of benzene rings is 1. The van der Waals surface area contributed by atoms with Crippen LogP contribution in [0.15, 0.2) is 18.3 Å². The van der Waals surface area contributed by atoms with Crippen molar-refractivity contribution in [3.8, 4) is 29.3 Å². The second-order valence-corrected chi connectivity index (χ2v) is 5.84. The van der Waals surface area contributed by atoms with Crippen LogP contribution in [0.25, 0.3) is 17.2 Å². The van der Waals surface area contributed by atoms with Gasteiger partial charge in [0.05, 0.1) is 20.7 Å². The van der Waals surface area contributed by atoms with Gasteiger partial charge in [-0.15, -0.1) is 0 Å². The van der Waals surface area contributed by atoms with Crippen LogP contribution in [-0.4, -0.2) is 19.9 Å². The van der Waals surface area contributed by atoms with E-state index in [0.717, 1.165) is 6.20 Å². The number of aromatic amines is 1. The molecule has 8 nitrogen and oxygen atoms in total. The van der Waals surface area contributed by atoms with E-state index >= 15 is 0 Å². The Hall–Kier alpha value is -3.28. The summed E-state index contributed by atoms with van der Waals surface area (Å²) < 4.78 is 38.5. The van der Waals surface area contributed by atoms with Gasteiger partial charge < -0.3 is 10.2 Å². The van der Waals surface area contributed by atoms with Crippen LogP contribution in [0.3, 0.4) is 0 Å². The highest BCUT2D eigenvalue weighted by atomic mass is 35.5. The van der Waals surface area contributed by atoms with Gasteiger partial charge in [-0.05, 0) is 16.9 Å². The zero-order valence-electron chi connectivity index (χ0n) is 12.7. The van der Waals surface area contributed by atoms with Gasteiger partial charge in [-0.1, -0.05) is 23.2 Å². The molecule has 0 bridgehead atoms. The Kier molecular flexibility index (Phi) is 4.43. The summed E-state index contributed by atoms with van der Waals surface area (Å²) in [5, 5.41) is 32.9. The van der Waals surface area contributed by atoms with Crippen molar-refractivity contribution in [2.75, 3.05) is 0 Å². The lowest BCUT2D eigenvalue weighted by Gasteiger charge is -2.11. The molecule has 0 amide bonds. The Labute approximate surface area is 158 Å². The lowest BCUT2D eigenvalue weighted by atomic mass is 10.2. The number of H-pyrrole nitrogens is 1. The van der Waals surface area contributed by atoms with Crippen LogP contribution in [-0.2, 0) is 6.18 Å². The van der Waals surface area contributed by atoms with Crippen molar-refractivity contribution in [2.45, 2.75) is 6.18 Å². The summed E-state index contributed by atoms with van der Waals surface area (Å²) in [5.74, 6) is -0.0643. The Bertz CT molecular complexity index is 1080. The molecule has 0 radical (unpaired) electrons. The number of nitrogens with one attached hydrogen (secondary N) is 1. The number of nitriles is 2. The first-order valence-corrected chi connectivity index (χ1v) is 7.58. The molecule has 0 atom stereocenters. The summed E-state index contributed by atoms with van der Waals surface area (Å²) in [7, 11) is 0. The molecule has 0 fully saturated rings. The lowest BCUT2D eigenvalue weighted by molar-refractivity contribution is -0.688. The van der Waals surface area contributed by atoms with E-state index in [1.54, 1.807) is 12.1 Å². The first-order valence-electron chi connectivity index (χ1n) is 6.82. The molecule has 13 heteroatoms.